The lowest BCUT2D eigenvalue weighted by Gasteiger charge is -2.32. The van der Waals surface area contributed by atoms with Crippen LogP contribution in [0, 0.1) is 5.92 Å². The number of anilines is 1. The molecule has 1 spiro atoms. The van der Waals surface area contributed by atoms with Gasteiger partial charge in [-0.3, -0.25) is 19.5 Å². The first-order valence-corrected chi connectivity index (χ1v) is 17.6. The Bertz CT molecular complexity index is 1630. The van der Waals surface area contributed by atoms with E-state index in [9.17, 15) is 24.3 Å². The van der Waals surface area contributed by atoms with Crippen LogP contribution in [0.5, 0.6) is 0 Å². The van der Waals surface area contributed by atoms with Crippen LogP contribution in [-0.4, -0.2) is 76.6 Å². The Morgan fingerprint density at radius 1 is 1.24 bits per heavy atom. The predicted octanol–water partition coefficient (Wildman–Crippen LogP) is 3.02. The zero-order valence-electron chi connectivity index (χ0n) is 24.2. The number of aliphatic hydroxyl groups excluding tert-OH is 1. The van der Waals surface area contributed by atoms with Crippen molar-refractivity contribution in [2.45, 2.75) is 62.6 Å². The molecule has 4 heterocycles. The van der Waals surface area contributed by atoms with Crippen molar-refractivity contribution in [3.05, 3.63) is 71.0 Å². The van der Waals surface area contributed by atoms with Gasteiger partial charge in [0.05, 0.1) is 47.5 Å². The number of hydrogen-bond donors (Lipinski definition) is 3. The molecule has 2 amide bonds. The number of ether oxygens (including phenoxy) is 1. The predicted molar refractivity (Wildman–Crippen MR) is 162 cm³/mol. The largest absolute Gasteiger partial charge is 0.432 e. The van der Waals surface area contributed by atoms with Gasteiger partial charge in [-0.25, -0.2) is 4.68 Å². The van der Waals surface area contributed by atoms with Gasteiger partial charge in [0.2, 0.25) is 5.91 Å². The molecular formula is C31H38N4O6Si. The Balaban J connectivity index is 1.46. The second-order valence-electron chi connectivity index (χ2n) is 12.3. The SMILES string of the molecule is C=CCN1C(=O)[C@@]2(O[C@@H](CC(=O)N3CCC[C@H]3CO)[C@H]([Si](C)(C)O)[C@H]2C)c2cc(-n3[nH]c4ccccc4c3=O)ccc21. The Morgan fingerprint density at radius 3 is 2.69 bits per heavy atom. The Hall–Kier alpha value is -3.51. The smallest absolute Gasteiger partial charge is 0.279 e. The molecule has 11 heteroatoms. The molecule has 3 aromatic rings. The molecule has 42 heavy (non-hydrogen) atoms. The molecule has 10 nitrogen and oxygen atoms in total. The zero-order chi connectivity index (χ0) is 30.0. The molecule has 0 bridgehead atoms. The van der Waals surface area contributed by atoms with Crippen LogP contribution in [0.15, 0.2) is 59.9 Å². The number of benzene rings is 2. The van der Waals surface area contributed by atoms with E-state index < -0.39 is 31.5 Å². The van der Waals surface area contributed by atoms with Crippen molar-refractivity contribution in [3.8, 4) is 5.69 Å². The summed E-state index contributed by atoms with van der Waals surface area (Å²) in [6.07, 6.45) is 2.54. The van der Waals surface area contributed by atoms with Crippen molar-refractivity contribution in [1.29, 1.82) is 0 Å². The van der Waals surface area contributed by atoms with Crippen molar-refractivity contribution in [2.75, 3.05) is 24.6 Å². The fourth-order valence-electron chi connectivity index (χ4n) is 7.60. The van der Waals surface area contributed by atoms with Crippen molar-refractivity contribution >= 4 is 36.7 Å². The Labute approximate surface area is 245 Å². The van der Waals surface area contributed by atoms with E-state index in [0.29, 0.717) is 34.4 Å². The summed E-state index contributed by atoms with van der Waals surface area (Å²) in [5.41, 5.74) is 0.437. The number of para-hydroxylation sites is 1. The number of nitrogens with one attached hydrogen (secondary N) is 1. The summed E-state index contributed by atoms with van der Waals surface area (Å²) in [6, 6.07) is 12.5. The highest BCUT2D eigenvalue weighted by Crippen LogP contribution is 2.59. The van der Waals surface area contributed by atoms with Crippen molar-refractivity contribution in [3.63, 3.8) is 0 Å². The number of carbonyl (C=O) groups excluding carboxylic acids is 2. The lowest BCUT2D eigenvalue weighted by molar-refractivity contribution is -0.149. The van der Waals surface area contributed by atoms with Crippen LogP contribution < -0.4 is 10.5 Å². The topological polar surface area (TPSA) is 128 Å². The molecule has 0 radical (unpaired) electrons. The number of aliphatic hydroxyl groups is 1. The average molecular weight is 591 g/mol. The maximum Gasteiger partial charge on any atom is 0.279 e. The van der Waals surface area contributed by atoms with Gasteiger partial charge < -0.3 is 24.4 Å². The minimum absolute atomic E-state index is 0.00941. The molecule has 1 aromatic heterocycles. The van der Waals surface area contributed by atoms with Crippen molar-refractivity contribution < 1.29 is 24.2 Å². The molecule has 3 aliphatic heterocycles. The van der Waals surface area contributed by atoms with Crippen LogP contribution in [0.2, 0.25) is 18.6 Å². The van der Waals surface area contributed by atoms with E-state index >= 15 is 0 Å². The highest BCUT2D eigenvalue weighted by molar-refractivity contribution is 6.71. The van der Waals surface area contributed by atoms with Crippen molar-refractivity contribution in [1.82, 2.24) is 14.7 Å². The molecule has 0 aliphatic carbocycles. The number of aromatic amines is 1. The van der Waals surface area contributed by atoms with Gasteiger partial charge in [-0.15, -0.1) is 6.58 Å². The standard InChI is InChI=1S/C31H38N4O6Si/c1-5-14-34-25-13-12-20(35-29(38)22-10-6-7-11-24(22)32-35)16-23(25)31(30(34)39)19(2)28(42(3,4)40)26(41-31)17-27(37)33-15-8-9-21(33)18-36/h5-7,10-13,16,19,21,26,28,32,36,40H,1,8-9,14-15,17-18H2,2-4H3/t19-,21+,26+,28-,31+/m1/s1. The fraction of sp³-hybridized carbons (Fsp3) is 0.452. The number of fused-ring (bicyclic) bond motifs is 3. The molecule has 2 saturated heterocycles. The normalized spacial score (nSPS) is 27.4. The first-order valence-electron chi connectivity index (χ1n) is 14.6. The molecule has 6 rings (SSSR count). The number of hydrogen-bond acceptors (Lipinski definition) is 6. The van der Waals surface area contributed by atoms with E-state index in [1.165, 1.54) is 4.68 Å². The molecule has 0 unspecified atom stereocenters. The van der Waals surface area contributed by atoms with Gasteiger partial charge in [-0.05, 0) is 56.3 Å². The quantitative estimate of drug-likeness (QED) is 0.287. The molecule has 2 fully saturated rings. The van der Waals surface area contributed by atoms with Gasteiger partial charge in [-0.1, -0.05) is 25.1 Å². The van der Waals surface area contributed by atoms with E-state index in [0.717, 1.165) is 12.8 Å². The molecule has 222 valence electrons. The number of H-pyrrole nitrogens is 1. The number of amides is 2. The number of nitrogens with zero attached hydrogens (tertiary/aromatic N) is 3. The van der Waals surface area contributed by atoms with Crippen LogP contribution in [-0.2, 0) is 19.9 Å². The Kier molecular flexibility index (Phi) is 7.04. The zero-order valence-corrected chi connectivity index (χ0v) is 25.2. The molecule has 0 saturated carbocycles. The maximum absolute atomic E-state index is 14.4. The summed E-state index contributed by atoms with van der Waals surface area (Å²) >= 11 is 0. The van der Waals surface area contributed by atoms with E-state index in [-0.39, 0.29) is 43.0 Å². The summed E-state index contributed by atoms with van der Waals surface area (Å²) in [5.74, 6) is -0.861. The molecule has 3 N–H and O–H groups in total. The average Bonchev–Trinajstić information content (AvgIpc) is 3.69. The van der Waals surface area contributed by atoms with Gasteiger partial charge in [0.15, 0.2) is 13.9 Å². The number of carbonyl (C=O) groups is 2. The number of rotatable bonds is 7. The highest BCUT2D eigenvalue weighted by Gasteiger charge is 2.66. The van der Waals surface area contributed by atoms with Gasteiger partial charge in [0, 0.05) is 30.1 Å². The van der Waals surface area contributed by atoms with Gasteiger partial charge >= 0.3 is 0 Å². The van der Waals surface area contributed by atoms with Gasteiger partial charge in [0.25, 0.3) is 11.5 Å². The third-order valence-electron chi connectivity index (χ3n) is 9.41. The third kappa shape index (κ3) is 4.21. The Morgan fingerprint density at radius 2 is 2.00 bits per heavy atom. The molecule has 5 atom stereocenters. The summed E-state index contributed by atoms with van der Waals surface area (Å²) in [4.78, 5) is 56.1. The number of likely N-dealkylation sites (tertiary alicyclic amines) is 1. The van der Waals surface area contributed by atoms with Crippen molar-refractivity contribution in [2.24, 2.45) is 5.92 Å². The van der Waals surface area contributed by atoms with Crippen LogP contribution in [0.25, 0.3) is 16.6 Å². The lowest BCUT2D eigenvalue weighted by atomic mass is 9.82. The molecule has 2 aromatic carbocycles. The second-order valence-corrected chi connectivity index (χ2v) is 16.3. The first-order chi connectivity index (χ1) is 20.0. The minimum Gasteiger partial charge on any atom is -0.432 e. The first kappa shape index (κ1) is 28.6. The van der Waals surface area contributed by atoms with E-state index in [4.69, 9.17) is 4.74 Å². The van der Waals surface area contributed by atoms with E-state index in [2.05, 4.69) is 11.7 Å². The fourth-order valence-corrected chi connectivity index (χ4v) is 10.2. The highest BCUT2D eigenvalue weighted by atomic mass is 28.4. The third-order valence-corrected chi connectivity index (χ3v) is 11.9. The molecule has 3 aliphatic rings. The monoisotopic (exact) mass is 590 g/mol. The van der Waals surface area contributed by atoms with Crippen LogP contribution in [0.1, 0.15) is 31.7 Å². The van der Waals surface area contributed by atoms with E-state index in [1.54, 1.807) is 28.0 Å². The summed E-state index contributed by atoms with van der Waals surface area (Å²) < 4.78 is 8.26. The summed E-state index contributed by atoms with van der Waals surface area (Å²) in [6.45, 7) is 10.1. The van der Waals surface area contributed by atoms with Crippen LogP contribution >= 0.6 is 0 Å². The van der Waals surface area contributed by atoms with Crippen LogP contribution in [0.4, 0.5) is 5.69 Å². The summed E-state index contributed by atoms with van der Waals surface area (Å²) in [5, 5.41) is 13.5. The summed E-state index contributed by atoms with van der Waals surface area (Å²) in [7, 11) is -2.97. The number of aromatic nitrogens is 2. The van der Waals surface area contributed by atoms with Gasteiger partial charge in [0.1, 0.15) is 0 Å². The molecular weight excluding hydrogens is 552 g/mol. The van der Waals surface area contributed by atoms with Gasteiger partial charge in [-0.2, -0.15) is 0 Å². The van der Waals surface area contributed by atoms with Crippen LogP contribution in [0.3, 0.4) is 0 Å². The second kappa shape index (κ2) is 10.3. The minimum atomic E-state index is -2.97. The van der Waals surface area contributed by atoms with E-state index in [1.807, 2.05) is 50.3 Å². The lowest BCUT2D eigenvalue weighted by Crippen LogP contribution is -2.46. The maximum atomic E-state index is 14.4.